The van der Waals surface area contributed by atoms with Crippen molar-refractivity contribution in [2.24, 2.45) is 5.73 Å². The van der Waals surface area contributed by atoms with E-state index >= 15 is 0 Å². The lowest BCUT2D eigenvalue weighted by molar-refractivity contribution is 0.251. The molecule has 0 saturated heterocycles. The van der Waals surface area contributed by atoms with Gasteiger partial charge >= 0.3 is 0 Å². The second-order valence-corrected chi connectivity index (χ2v) is 4.70. The predicted octanol–water partition coefficient (Wildman–Crippen LogP) is 3.36. The normalized spacial score (nSPS) is 20.8. The van der Waals surface area contributed by atoms with Crippen LogP contribution in [0.1, 0.15) is 49.0 Å². The van der Waals surface area contributed by atoms with Crippen molar-refractivity contribution in [3.63, 3.8) is 0 Å². The second-order valence-electron chi connectivity index (χ2n) is 4.70. The van der Waals surface area contributed by atoms with Crippen LogP contribution in [0.3, 0.4) is 0 Å². The van der Waals surface area contributed by atoms with Crippen LogP contribution in [0.15, 0.2) is 18.2 Å². The van der Waals surface area contributed by atoms with Gasteiger partial charge in [-0.3, -0.25) is 0 Å². The highest BCUT2D eigenvalue weighted by molar-refractivity contribution is 5.38. The molecule has 15 heavy (non-hydrogen) atoms. The van der Waals surface area contributed by atoms with Crippen molar-refractivity contribution < 1.29 is 4.39 Å². The van der Waals surface area contributed by atoms with Crippen LogP contribution in [-0.2, 0) is 5.54 Å². The van der Waals surface area contributed by atoms with Crippen molar-refractivity contribution in [3.05, 3.63) is 34.9 Å². The molecule has 1 unspecified atom stereocenters. The Morgan fingerprint density at radius 3 is 2.53 bits per heavy atom. The molecule has 1 nitrogen and oxygen atoms in total. The van der Waals surface area contributed by atoms with Crippen LogP contribution < -0.4 is 5.73 Å². The van der Waals surface area contributed by atoms with Crippen LogP contribution in [0, 0.1) is 6.92 Å². The van der Waals surface area contributed by atoms with E-state index in [0.717, 1.165) is 24.0 Å². The topological polar surface area (TPSA) is 26.0 Å². The zero-order chi connectivity index (χ0) is 11.1. The Bertz CT molecular complexity index is 367. The molecule has 0 amide bonds. The van der Waals surface area contributed by atoms with E-state index in [4.69, 9.17) is 5.73 Å². The van der Waals surface area contributed by atoms with Gasteiger partial charge in [-0.1, -0.05) is 18.2 Å². The smallest absolute Gasteiger partial charge is 0.122 e. The van der Waals surface area contributed by atoms with Crippen molar-refractivity contribution in [2.75, 3.05) is 0 Å². The Kier molecular flexibility index (Phi) is 2.55. The minimum absolute atomic E-state index is 0.186. The number of rotatable bonds is 2. The molecule has 0 heterocycles. The zero-order valence-electron chi connectivity index (χ0n) is 9.39. The van der Waals surface area contributed by atoms with E-state index in [0.29, 0.717) is 0 Å². The summed E-state index contributed by atoms with van der Waals surface area (Å²) in [6.07, 6.45) is 2.33. The molecule has 1 fully saturated rings. The molecular formula is C13H18FN. The van der Waals surface area contributed by atoms with Gasteiger partial charge in [0.25, 0.3) is 0 Å². The first-order valence-corrected chi connectivity index (χ1v) is 5.57. The van der Waals surface area contributed by atoms with Crippen molar-refractivity contribution in [2.45, 2.75) is 44.8 Å². The van der Waals surface area contributed by atoms with E-state index in [2.05, 4.69) is 6.92 Å². The molecule has 0 bridgehead atoms. The van der Waals surface area contributed by atoms with Gasteiger partial charge in [0.15, 0.2) is 0 Å². The molecule has 2 rings (SSSR count). The zero-order valence-corrected chi connectivity index (χ0v) is 9.39. The molecule has 2 N–H and O–H groups in total. The average Bonchev–Trinajstić information content (AvgIpc) is 2.14. The van der Waals surface area contributed by atoms with Gasteiger partial charge in [0.2, 0.25) is 0 Å². The third-order valence-electron chi connectivity index (χ3n) is 3.50. The van der Waals surface area contributed by atoms with E-state index in [9.17, 15) is 4.39 Å². The molecule has 1 aliphatic rings. The maximum atomic E-state index is 13.2. The molecule has 0 spiro atoms. The quantitative estimate of drug-likeness (QED) is 0.790. The molecule has 1 aromatic carbocycles. The Morgan fingerprint density at radius 2 is 2.07 bits per heavy atom. The van der Waals surface area contributed by atoms with Gasteiger partial charge in [-0.15, -0.1) is 0 Å². The molecular weight excluding hydrogens is 189 g/mol. The van der Waals surface area contributed by atoms with E-state index in [1.807, 2.05) is 18.2 Å². The average molecular weight is 207 g/mol. The molecule has 82 valence electrons. The van der Waals surface area contributed by atoms with Gasteiger partial charge in [0, 0.05) is 5.54 Å². The third-order valence-corrected chi connectivity index (χ3v) is 3.50. The van der Waals surface area contributed by atoms with Crippen LogP contribution >= 0.6 is 0 Å². The van der Waals surface area contributed by atoms with Gasteiger partial charge in [-0.25, -0.2) is 4.39 Å². The summed E-state index contributed by atoms with van der Waals surface area (Å²) in [5.41, 5.74) is 9.15. The number of hydrogen-bond acceptors (Lipinski definition) is 1. The van der Waals surface area contributed by atoms with E-state index in [1.54, 1.807) is 6.92 Å². The molecule has 2 heteroatoms. The first-order valence-electron chi connectivity index (χ1n) is 5.57. The highest BCUT2D eigenvalue weighted by Crippen LogP contribution is 2.40. The van der Waals surface area contributed by atoms with E-state index in [-0.39, 0.29) is 5.54 Å². The minimum atomic E-state index is -0.909. The fourth-order valence-corrected chi connectivity index (χ4v) is 2.25. The maximum absolute atomic E-state index is 13.2. The van der Waals surface area contributed by atoms with E-state index < -0.39 is 6.17 Å². The fraction of sp³-hybridized carbons (Fsp3) is 0.538. The second kappa shape index (κ2) is 3.60. The van der Waals surface area contributed by atoms with Gasteiger partial charge in [-0.2, -0.15) is 0 Å². The van der Waals surface area contributed by atoms with Gasteiger partial charge < -0.3 is 5.73 Å². The standard InChI is InChI=1S/C13H18FN/c1-9-4-5-11(10(2)14)8-12(9)13(15)6-3-7-13/h4-5,8,10H,3,6-7,15H2,1-2H3. The van der Waals surface area contributed by atoms with Gasteiger partial charge in [0.05, 0.1) is 0 Å². The summed E-state index contributed by atoms with van der Waals surface area (Å²) in [6, 6.07) is 5.78. The lowest BCUT2D eigenvalue weighted by atomic mass is 9.71. The summed E-state index contributed by atoms with van der Waals surface area (Å²) in [7, 11) is 0. The van der Waals surface area contributed by atoms with Crippen LogP contribution in [0.25, 0.3) is 0 Å². The fourth-order valence-electron chi connectivity index (χ4n) is 2.25. The summed E-state index contributed by atoms with van der Waals surface area (Å²) < 4.78 is 13.2. The first-order chi connectivity index (χ1) is 7.03. The number of halogens is 1. The number of hydrogen-bond donors (Lipinski definition) is 1. The molecule has 0 aliphatic heterocycles. The van der Waals surface area contributed by atoms with Gasteiger partial charge in [-0.05, 0) is 49.8 Å². The highest BCUT2D eigenvalue weighted by Gasteiger charge is 2.35. The van der Waals surface area contributed by atoms with E-state index in [1.165, 1.54) is 12.0 Å². The minimum Gasteiger partial charge on any atom is -0.321 e. The summed E-state index contributed by atoms with van der Waals surface area (Å²) in [5, 5.41) is 0. The number of benzene rings is 1. The Labute approximate surface area is 90.5 Å². The summed E-state index contributed by atoms with van der Waals surface area (Å²) in [6.45, 7) is 3.62. The maximum Gasteiger partial charge on any atom is 0.122 e. The lowest BCUT2D eigenvalue weighted by Crippen LogP contribution is -2.43. The Hall–Kier alpha value is -0.890. The van der Waals surface area contributed by atoms with Crippen molar-refractivity contribution >= 4 is 0 Å². The summed E-state index contributed by atoms with van der Waals surface area (Å²) >= 11 is 0. The molecule has 0 radical (unpaired) electrons. The van der Waals surface area contributed by atoms with Crippen LogP contribution in [0.2, 0.25) is 0 Å². The SMILES string of the molecule is Cc1ccc(C(C)F)cc1C1(N)CCC1. The van der Waals surface area contributed by atoms with Gasteiger partial charge in [0.1, 0.15) is 6.17 Å². The lowest BCUT2D eigenvalue weighted by Gasteiger charge is -2.40. The molecule has 1 aromatic rings. The molecule has 1 saturated carbocycles. The molecule has 1 atom stereocenters. The largest absolute Gasteiger partial charge is 0.321 e. The van der Waals surface area contributed by atoms with Crippen molar-refractivity contribution in [1.82, 2.24) is 0 Å². The highest BCUT2D eigenvalue weighted by atomic mass is 19.1. The number of aryl methyl sites for hydroxylation is 1. The van der Waals surface area contributed by atoms with Crippen molar-refractivity contribution in [1.29, 1.82) is 0 Å². The Morgan fingerprint density at radius 1 is 1.40 bits per heavy atom. The monoisotopic (exact) mass is 207 g/mol. The number of nitrogens with two attached hydrogens (primary N) is 1. The van der Waals surface area contributed by atoms with Crippen LogP contribution in [0.4, 0.5) is 4.39 Å². The summed E-state index contributed by atoms with van der Waals surface area (Å²) in [5.74, 6) is 0. The van der Waals surface area contributed by atoms with Crippen LogP contribution in [0.5, 0.6) is 0 Å². The third kappa shape index (κ3) is 1.78. The summed E-state index contributed by atoms with van der Waals surface area (Å²) in [4.78, 5) is 0. The molecule has 0 aromatic heterocycles. The number of alkyl halides is 1. The van der Waals surface area contributed by atoms with Crippen molar-refractivity contribution in [3.8, 4) is 0 Å². The first kappa shape index (κ1) is 10.6. The molecule has 1 aliphatic carbocycles. The predicted molar refractivity (Wildman–Crippen MR) is 60.4 cm³/mol. The van der Waals surface area contributed by atoms with Crippen LogP contribution in [-0.4, -0.2) is 0 Å². The Balaban J connectivity index is 2.41.